The Hall–Kier alpha value is -4.15. The van der Waals surface area contributed by atoms with Crippen LogP contribution in [0.15, 0.2) is 60.8 Å². The molecular weight excluding hydrogens is 484 g/mol. The van der Waals surface area contributed by atoms with Gasteiger partial charge in [-0.25, -0.2) is 9.78 Å². The third-order valence-electron chi connectivity index (χ3n) is 5.67. The van der Waals surface area contributed by atoms with Crippen LogP contribution in [-0.2, 0) is 9.59 Å². The highest BCUT2D eigenvalue weighted by Crippen LogP contribution is 2.47. The average molecular weight is 509 g/mol. The summed E-state index contributed by atoms with van der Waals surface area (Å²) in [5, 5.41) is 16.4. The lowest BCUT2D eigenvalue weighted by Crippen LogP contribution is -2.40. The Morgan fingerprint density at radius 3 is 2.39 bits per heavy atom. The molecule has 11 heteroatoms. The van der Waals surface area contributed by atoms with Crippen molar-refractivity contribution in [2.24, 2.45) is 5.73 Å². The fraction of sp³-hybridized carbons (Fsp3) is 0.200. The minimum Gasteiger partial charge on any atom is -0.478 e. The van der Waals surface area contributed by atoms with Crippen molar-refractivity contribution in [1.29, 1.82) is 0 Å². The molecule has 186 valence electrons. The highest BCUT2D eigenvalue weighted by atomic mass is 35.5. The minimum absolute atomic E-state index is 0.0252. The molecule has 0 aliphatic carbocycles. The lowest BCUT2D eigenvalue weighted by Gasteiger charge is -2.34. The Bertz CT molecular complexity index is 1300. The number of nitrogens with one attached hydrogen (secondary N) is 2. The molecule has 0 fully saturated rings. The summed E-state index contributed by atoms with van der Waals surface area (Å²) in [5.74, 6) is -1.72. The molecule has 4 rings (SSSR count). The van der Waals surface area contributed by atoms with Crippen LogP contribution in [0.4, 0.5) is 17.2 Å². The second kappa shape index (κ2) is 10.2. The van der Waals surface area contributed by atoms with Crippen molar-refractivity contribution in [3.8, 4) is 0 Å². The summed E-state index contributed by atoms with van der Waals surface area (Å²) in [5.41, 5.74) is 7.92. The maximum Gasteiger partial charge on any atom is 0.338 e. The van der Waals surface area contributed by atoms with E-state index >= 15 is 0 Å². The van der Waals surface area contributed by atoms with E-state index in [0.29, 0.717) is 22.1 Å². The Morgan fingerprint density at radius 1 is 1.14 bits per heavy atom. The van der Waals surface area contributed by atoms with E-state index in [1.54, 1.807) is 72.4 Å². The molecule has 0 radical (unpaired) electrons. The molecule has 2 aromatic carbocycles. The van der Waals surface area contributed by atoms with Crippen LogP contribution >= 0.6 is 11.6 Å². The van der Waals surface area contributed by atoms with Crippen molar-refractivity contribution in [3.63, 3.8) is 0 Å². The molecule has 10 nitrogen and oxygen atoms in total. The zero-order chi connectivity index (χ0) is 26.0. The maximum atomic E-state index is 12.9. The number of primary amides is 1. The van der Waals surface area contributed by atoms with Gasteiger partial charge < -0.3 is 31.3 Å². The first kappa shape index (κ1) is 25.0. The van der Waals surface area contributed by atoms with Crippen LogP contribution in [0, 0.1) is 0 Å². The second-order valence-electron chi connectivity index (χ2n) is 8.58. The van der Waals surface area contributed by atoms with Gasteiger partial charge in [-0.2, -0.15) is 0 Å². The lowest BCUT2D eigenvalue weighted by atomic mass is 10.0. The van der Waals surface area contributed by atoms with Crippen LogP contribution in [0.1, 0.15) is 33.7 Å². The number of carbonyl (C=O) groups excluding carboxylic acids is 2. The van der Waals surface area contributed by atoms with Gasteiger partial charge in [0.25, 0.3) is 0 Å². The minimum atomic E-state index is -1.17. The number of nitrogens with two attached hydrogens (primary N) is 1. The number of benzene rings is 2. The number of likely N-dealkylation sites (N-methyl/N-ethyl adjacent to an activating group) is 1. The van der Waals surface area contributed by atoms with Crippen LogP contribution in [0.2, 0.25) is 5.02 Å². The van der Waals surface area contributed by atoms with E-state index < -0.39 is 24.1 Å². The molecule has 2 amide bonds. The first-order valence-electron chi connectivity index (χ1n) is 11.0. The number of nitrogens with zero attached hydrogens (tertiary/aromatic N) is 3. The summed E-state index contributed by atoms with van der Waals surface area (Å²) >= 11 is 6.07. The number of carboxylic acid groups (broad SMARTS) is 1. The van der Waals surface area contributed by atoms with Crippen LogP contribution in [0.3, 0.4) is 0 Å². The fourth-order valence-electron chi connectivity index (χ4n) is 4.19. The molecule has 0 bridgehead atoms. The van der Waals surface area contributed by atoms with Gasteiger partial charge in [0.05, 0.1) is 17.8 Å². The zero-order valence-corrected chi connectivity index (χ0v) is 20.4. The van der Waals surface area contributed by atoms with E-state index in [9.17, 15) is 19.5 Å². The van der Waals surface area contributed by atoms with Gasteiger partial charge in [-0.3, -0.25) is 9.59 Å². The number of carboxylic acids is 1. The molecule has 2 unspecified atom stereocenters. The molecule has 0 saturated heterocycles. The van der Waals surface area contributed by atoms with Crippen molar-refractivity contribution in [2.75, 3.05) is 36.2 Å². The van der Waals surface area contributed by atoms with E-state index in [1.807, 2.05) is 0 Å². The normalized spacial score (nSPS) is 15.2. The Kier molecular flexibility index (Phi) is 7.09. The molecule has 1 aromatic heterocycles. The molecule has 36 heavy (non-hydrogen) atoms. The molecule has 1 aliphatic rings. The summed E-state index contributed by atoms with van der Waals surface area (Å²) in [6.07, 6.45) is 0.740. The smallest absolute Gasteiger partial charge is 0.338 e. The number of hydrogen-bond acceptors (Lipinski definition) is 7. The van der Waals surface area contributed by atoms with Crippen molar-refractivity contribution >= 4 is 46.6 Å². The molecular formula is C25H25ClN6O4. The quantitative estimate of drug-likeness (QED) is 0.364. The standard InChI is InChI=1S/C25H25ClN6O4/c1-31(2)13-19(33)29-17-9-5-14(6-10-17)20(22(27)34)32-21-18(25(35)36)11-12-28-23(21)30-24(32)15-3-7-16(26)8-4-15/h3-12,20,24H,13H2,1-2H3,(H2,27,34)(H,28,30)(H,29,33)(H,35,36). The first-order valence-corrected chi connectivity index (χ1v) is 11.4. The Balaban J connectivity index is 1.77. The van der Waals surface area contributed by atoms with Gasteiger partial charge >= 0.3 is 5.97 Å². The fourth-order valence-corrected chi connectivity index (χ4v) is 4.31. The molecule has 1 aliphatic heterocycles. The van der Waals surface area contributed by atoms with Crippen molar-refractivity contribution in [2.45, 2.75) is 12.2 Å². The van der Waals surface area contributed by atoms with Crippen LogP contribution in [0.25, 0.3) is 0 Å². The highest BCUT2D eigenvalue weighted by Gasteiger charge is 2.41. The molecule has 3 aromatic rings. The van der Waals surface area contributed by atoms with E-state index in [0.717, 1.165) is 5.56 Å². The molecule has 0 spiro atoms. The van der Waals surface area contributed by atoms with E-state index in [4.69, 9.17) is 17.3 Å². The van der Waals surface area contributed by atoms with Gasteiger partial charge in [-0.15, -0.1) is 0 Å². The van der Waals surface area contributed by atoms with Crippen LogP contribution in [-0.4, -0.2) is 53.4 Å². The second-order valence-corrected chi connectivity index (χ2v) is 9.02. The number of aromatic nitrogens is 1. The number of halogens is 1. The summed E-state index contributed by atoms with van der Waals surface area (Å²) in [6.45, 7) is 0.218. The molecule has 2 atom stereocenters. The van der Waals surface area contributed by atoms with Gasteiger partial charge in [0.15, 0.2) is 5.82 Å². The van der Waals surface area contributed by atoms with Crippen molar-refractivity contribution in [1.82, 2.24) is 9.88 Å². The van der Waals surface area contributed by atoms with Gasteiger partial charge in [0.2, 0.25) is 11.8 Å². The zero-order valence-electron chi connectivity index (χ0n) is 19.6. The Morgan fingerprint density at radius 2 is 1.81 bits per heavy atom. The molecule has 2 heterocycles. The topological polar surface area (TPSA) is 141 Å². The van der Waals surface area contributed by atoms with Crippen LogP contribution in [0.5, 0.6) is 0 Å². The van der Waals surface area contributed by atoms with Gasteiger partial charge in [0.1, 0.15) is 12.2 Å². The first-order chi connectivity index (χ1) is 17.2. The van der Waals surface area contributed by atoms with Crippen LogP contribution < -0.4 is 21.3 Å². The third-order valence-corrected chi connectivity index (χ3v) is 5.92. The molecule has 0 saturated carbocycles. The number of fused-ring (bicyclic) bond motifs is 1. The number of hydrogen-bond donors (Lipinski definition) is 4. The van der Waals surface area contributed by atoms with Crippen molar-refractivity contribution < 1.29 is 19.5 Å². The number of amides is 2. The monoisotopic (exact) mass is 508 g/mol. The number of anilines is 3. The van der Waals surface area contributed by atoms with Gasteiger partial charge in [0, 0.05) is 16.9 Å². The lowest BCUT2D eigenvalue weighted by molar-refractivity contribution is -0.119. The number of rotatable bonds is 8. The van der Waals surface area contributed by atoms with Gasteiger partial charge in [-0.1, -0.05) is 35.9 Å². The average Bonchev–Trinajstić information content (AvgIpc) is 3.19. The third kappa shape index (κ3) is 5.09. The SMILES string of the molecule is CN(C)CC(=O)Nc1ccc(C(C(N)=O)N2c3c(C(=O)O)ccnc3NC2c2ccc(Cl)cc2)cc1. The largest absolute Gasteiger partial charge is 0.478 e. The summed E-state index contributed by atoms with van der Waals surface area (Å²) < 4.78 is 0. The Labute approximate surface area is 212 Å². The van der Waals surface area contributed by atoms with Crippen molar-refractivity contribution in [3.05, 3.63) is 82.5 Å². The predicted molar refractivity (Wildman–Crippen MR) is 137 cm³/mol. The molecule has 5 N–H and O–H groups in total. The summed E-state index contributed by atoms with van der Waals surface area (Å²) in [7, 11) is 3.58. The summed E-state index contributed by atoms with van der Waals surface area (Å²) in [6, 6.07) is 14.0. The number of pyridine rings is 1. The maximum absolute atomic E-state index is 12.9. The number of carbonyl (C=O) groups is 3. The van der Waals surface area contributed by atoms with E-state index in [-0.39, 0.29) is 23.7 Å². The van der Waals surface area contributed by atoms with E-state index in [2.05, 4.69) is 15.6 Å². The number of aromatic carboxylic acids is 1. The summed E-state index contributed by atoms with van der Waals surface area (Å²) in [4.78, 5) is 44.7. The predicted octanol–water partition coefficient (Wildman–Crippen LogP) is 3.09. The van der Waals surface area contributed by atoms with Gasteiger partial charge in [-0.05, 0) is 55.6 Å². The highest BCUT2D eigenvalue weighted by molar-refractivity contribution is 6.30. The van der Waals surface area contributed by atoms with E-state index in [1.165, 1.54) is 12.3 Å².